The molecule has 33 heavy (non-hydrogen) atoms. The highest BCUT2D eigenvalue weighted by atomic mass is 16.5. The van der Waals surface area contributed by atoms with Crippen molar-refractivity contribution >= 4 is 17.9 Å². The van der Waals surface area contributed by atoms with E-state index in [0.717, 1.165) is 19.3 Å². The van der Waals surface area contributed by atoms with Crippen LogP contribution in [0.3, 0.4) is 0 Å². The fourth-order valence-corrected chi connectivity index (χ4v) is 6.47. The molecule has 1 aromatic rings. The van der Waals surface area contributed by atoms with E-state index in [0.29, 0.717) is 35.7 Å². The Morgan fingerprint density at radius 1 is 1.15 bits per heavy atom. The van der Waals surface area contributed by atoms with Crippen molar-refractivity contribution in [3.63, 3.8) is 0 Å². The van der Waals surface area contributed by atoms with Gasteiger partial charge >= 0.3 is 17.9 Å². The number of aliphatic hydroxyl groups excluding tert-OH is 1. The second-order valence-corrected chi connectivity index (χ2v) is 9.49. The maximum Gasteiger partial charge on any atom is 0.328 e. The standard InChI is InChI=1S/C21H29NO3.C4H4O4/c1-12(23)25-14-5-7-15-13(10-14)4-6-17-16(15)8-9-21(2)18(17)11-19(24)20(21)22-3;5-3(6)1-2-4(7)8/h5,7,10,16-20,22,24H,4,6,8-9,11H2,1-3H3;1-2H,(H,5,6)(H,7,8)/b;2-1-/t16-,17-,18+,19-,20+,21+;/m1./s1. The molecule has 4 rings (SSSR count). The predicted octanol–water partition coefficient (Wildman–Crippen LogP) is 2.74. The summed E-state index contributed by atoms with van der Waals surface area (Å²) in [7, 11) is 1.99. The number of likely N-dealkylation sites (N-methyl/N-ethyl adjacent to an activating group) is 1. The van der Waals surface area contributed by atoms with E-state index in [2.05, 4.69) is 24.4 Å². The van der Waals surface area contributed by atoms with Crippen LogP contribution >= 0.6 is 0 Å². The van der Waals surface area contributed by atoms with Gasteiger partial charge in [-0.3, -0.25) is 4.79 Å². The van der Waals surface area contributed by atoms with E-state index in [1.165, 1.54) is 30.9 Å². The van der Waals surface area contributed by atoms with Crippen LogP contribution in [0.2, 0.25) is 0 Å². The van der Waals surface area contributed by atoms with Crippen LogP contribution in [-0.4, -0.2) is 52.4 Å². The first-order valence-corrected chi connectivity index (χ1v) is 11.4. The maximum absolute atomic E-state index is 11.2. The van der Waals surface area contributed by atoms with Crippen molar-refractivity contribution in [2.45, 2.75) is 64.0 Å². The Labute approximate surface area is 193 Å². The van der Waals surface area contributed by atoms with Crippen molar-refractivity contribution in [3.05, 3.63) is 41.5 Å². The van der Waals surface area contributed by atoms with Gasteiger partial charge in [-0.25, -0.2) is 9.59 Å². The van der Waals surface area contributed by atoms with E-state index in [-0.39, 0.29) is 23.5 Å². The Morgan fingerprint density at radius 2 is 1.82 bits per heavy atom. The molecule has 2 fully saturated rings. The highest BCUT2D eigenvalue weighted by Crippen LogP contribution is 2.60. The Kier molecular flexibility index (Phi) is 7.59. The largest absolute Gasteiger partial charge is 0.478 e. The molecule has 0 saturated heterocycles. The molecule has 2 saturated carbocycles. The lowest BCUT2D eigenvalue weighted by Gasteiger charge is -2.50. The van der Waals surface area contributed by atoms with Crippen LogP contribution in [0.5, 0.6) is 5.75 Å². The third-order valence-corrected chi connectivity index (χ3v) is 7.67. The van der Waals surface area contributed by atoms with Crippen molar-refractivity contribution < 1.29 is 34.4 Å². The number of carbonyl (C=O) groups excluding carboxylic acids is 1. The normalized spacial score (nSPS) is 32.1. The molecule has 3 aliphatic carbocycles. The summed E-state index contributed by atoms with van der Waals surface area (Å²) >= 11 is 0. The van der Waals surface area contributed by atoms with Gasteiger partial charge in [0.2, 0.25) is 0 Å². The zero-order valence-corrected chi connectivity index (χ0v) is 19.3. The molecular formula is C25H33NO7. The zero-order chi connectivity index (χ0) is 24.3. The molecule has 8 nitrogen and oxygen atoms in total. The van der Waals surface area contributed by atoms with E-state index in [9.17, 15) is 19.5 Å². The molecule has 6 atom stereocenters. The number of esters is 1. The summed E-state index contributed by atoms with van der Waals surface area (Å²) in [5, 5.41) is 29.6. The van der Waals surface area contributed by atoms with Gasteiger partial charge in [-0.2, -0.15) is 0 Å². The van der Waals surface area contributed by atoms with Crippen LogP contribution in [0, 0.1) is 17.3 Å². The first-order valence-electron chi connectivity index (χ1n) is 11.4. The molecule has 0 amide bonds. The zero-order valence-electron chi connectivity index (χ0n) is 19.3. The number of rotatable bonds is 4. The molecule has 0 unspecified atom stereocenters. The predicted molar refractivity (Wildman–Crippen MR) is 121 cm³/mol. The van der Waals surface area contributed by atoms with Crippen LogP contribution in [0.1, 0.15) is 56.6 Å². The minimum Gasteiger partial charge on any atom is -0.478 e. The number of carboxylic acid groups (broad SMARTS) is 2. The molecule has 180 valence electrons. The van der Waals surface area contributed by atoms with Gasteiger partial charge in [-0.05, 0) is 85.6 Å². The maximum atomic E-state index is 11.2. The second kappa shape index (κ2) is 10.1. The quantitative estimate of drug-likeness (QED) is 0.307. The lowest BCUT2D eigenvalue weighted by molar-refractivity contribution is -0.134. The number of nitrogens with one attached hydrogen (secondary N) is 1. The Bertz CT molecular complexity index is 927. The summed E-state index contributed by atoms with van der Waals surface area (Å²) in [6.45, 7) is 3.83. The summed E-state index contributed by atoms with van der Waals surface area (Å²) in [5.41, 5.74) is 2.98. The van der Waals surface area contributed by atoms with Crippen molar-refractivity contribution in [1.82, 2.24) is 5.32 Å². The average molecular weight is 460 g/mol. The van der Waals surface area contributed by atoms with Gasteiger partial charge in [0.25, 0.3) is 0 Å². The fourth-order valence-electron chi connectivity index (χ4n) is 6.47. The molecule has 0 heterocycles. The number of hydrogen-bond acceptors (Lipinski definition) is 6. The fraction of sp³-hybridized carbons (Fsp3) is 0.560. The number of benzene rings is 1. The third-order valence-electron chi connectivity index (χ3n) is 7.67. The van der Waals surface area contributed by atoms with Crippen molar-refractivity contribution in [2.24, 2.45) is 17.3 Å². The van der Waals surface area contributed by atoms with Gasteiger partial charge in [0.1, 0.15) is 5.75 Å². The number of aryl methyl sites for hydroxylation is 1. The van der Waals surface area contributed by atoms with E-state index in [1.54, 1.807) is 0 Å². The number of fused-ring (bicyclic) bond motifs is 5. The van der Waals surface area contributed by atoms with Gasteiger partial charge in [0, 0.05) is 25.1 Å². The van der Waals surface area contributed by atoms with Crippen LogP contribution in [0.4, 0.5) is 0 Å². The van der Waals surface area contributed by atoms with Gasteiger partial charge in [0.05, 0.1) is 6.10 Å². The monoisotopic (exact) mass is 459 g/mol. The van der Waals surface area contributed by atoms with E-state index in [4.69, 9.17) is 14.9 Å². The molecule has 0 spiro atoms. The lowest BCUT2D eigenvalue weighted by atomic mass is 9.55. The van der Waals surface area contributed by atoms with Crippen LogP contribution in [0.15, 0.2) is 30.4 Å². The van der Waals surface area contributed by atoms with Gasteiger partial charge in [-0.15, -0.1) is 0 Å². The number of hydrogen-bond donors (Lipinski definition) is 4. The van der Waals surface area contributed by atoms with Crippen LogP contribution < -0.4 is 10.1 Å². The summed E-state index contributed by atoms with van der Waals surface area (Å²) in [6.07, 6.45) is 6.36. The molecule has 0 aromatic heterocycles. The highest BCUT2D eigenvalue weighted by molar-refractivity contribution is 5.89. The lowest BCUT2D eigenvalue weighted by Crippen LogP contribution is -2.49. The van der Waals surface area contributed by atoms with Crippen molar-refractivity contribution in [1.29, 1.82) is 0 Å². The first kappa shape index (κ1) is 24.9. The van der Waals surface area contributed by atoms with Gasteiger partial charge in [0.15, 0.2) is 0 Å². The molecule has 4 N–H and O–H groups in total. The highest BCUT2D eigenvalue weighted by Gasteiger charge is 2.57. The average Bonchev–Trinajstić information content (AvgIpc) is 3.01. The molecule has 1 aromatic carbocycles. The van der Waals surface area contributed by atoms with Crippen molar-refractivity contribution in [3.8, 4) is 5.75 Å². The molecule has 0 bridgehead atoms. The first-order chi connectivity index (χ1) is 15.6. The molecule has 0 radical (unpaired) electrons. The van der Waals surface area contributed by atoms with Crippen LogP contribution in [0.25, 0.3) is 0 Å². The molecule has 8 heteroatoms. The van der Waals surface area contributed by atoms with Crippen LogP contribution in [-0.2, 0) is 20.8 Å². The number of aliphatic carboxylic acids is 2. The Balaban J connectivity index is 0.000000331. The number of carboxylic acids is 2. The summed E-state index contributed by atoms with van der Waals surface area (Å²) in [4.78, 5) is 30.3. The smallest absolute Gasteiger partial charge is 0.328 e. The summed E-state index contributed by atoms with van der Waals surface area (Å²) < 4.78 is 5.26. The minimum atomic E-state index is -1.26. The second-order valence-electron chi connectivity index (χ2n) is 9.49. The Hall–Kier alpha value is -2.71. The van der Waals surface area contributed by atoms with E-state index >= 15 is 0 Å². The molecule has 0 aliphatic heterocycles. The topological polar surface area (TPSA) is 133 Å². The SMILES string of the molecule is CN[C@H]1[C@H](O)C[C@H]2[C@@H]3CCc4cc(OC(C)=O)ccc4[C@H]3CC[C@@]21C.O=C(O)/C=C\C(=O)O. The number of carbonyl (C=O) groups is 3. The number of aliphatic hydroxyl groups is 1. The minimum absolute atomic E-state index is 0.199. The summed E-state index contributed by atoms with van der Waals surface area (Å²) in [6, 6.07) is 6.39. The van der Waals surface area contributed by atoms with Crippen molar-refractivity contribution in [2.75, 3.05) is 7.05 Å². The van der Waals surface area contributed by atoms with E-state index in [1.807, 2.05) is 13.1 Å². The summed E-state index contributed by atoms with van der Waals surface area (Å²) in [5.74, 6) is -0.299. The van der Waals surface area contributed by atoms with E-state index < -0.39 is 11.9 Å². The number of ether oxygens (including phenoxy) is 1. The Morgan fingerprint density at radius 3 is 2.39 bits per heavy atom. The molecular weight excluding hydrogens is 426 g/mol. The van der Waals surface area contributed by atoms with Gasteiger partial charge in [-0.1, -0.05) is 13.0 Å². The third kappa shape index (κ3) is 5.28. The van der Waals surface area contributed by atoms with Gasteiger partial charge < -0.3 is 25.4 Å². The molecule has 3 aliphatic rings.